The van der Waals surface area contributed by atoms with E-state index in [2.05, 4.69) is 0 Å². The van der Waals surface area contributed by atoms with Gasteiger partial charge in [0.15, 0.2) is 0 Å². The van der Waals surface area contributed by atoms with Crippen LogP contribution in [0.1, 0.15) is 12.8 Å². The van der Waals surface area contributed by atoms with Crippen molar-refractivity contribution in [3.8, 4) is 0 Å². The molecule has 1 aliphatic rings. The lowest BCUT2D eigenvalue weighted by Crippen LogP contribution is -2.42. The maximum Gasteiger partial charge on any atom is 0.215 e. The maximum absolute atomic E-state index is 11.7. The van der Waals surface area contributed by atoms with E-state index in [1.807, 2.05) is 0 Å². The normalized spacial score (nSPS) is 21.1. The molecule has 1 saturated heterocycles. The standard InChI is InChI=1S/C8H17NO5S2/c1-15(11,12)6-7-16(13,14)9-4-2-8(10)3-5-9/h8,10H,2-7H2,1H3. The summed E-state index contributed by atoms with van der Waals surface area (Å²) in [6.07, 6.45) is 1.40. The number of hydrogen-bond donors (Lipinski definition) is 1. The molecule has 0 aliphatic carbocycles. The Morgan fingerprint density at radius 3 is 2.06 bits per heavy atom. The number of hydrogen-bond acceptors (Lipinski definition) is 5. The highest BCUT2D eigenvalue weighted by Crippen LogP contribution is 2.14. The molecule has 0 radical (unpaired) electrons. The van der Waals surface area contributed by atoms with E-state index in [0.717, 1.165) is 6.26 Å². The monoisotopic (exact) mass is 271 g/mol. The van der Waals surface area contributed by atoms with E-state index < -0.39 is 26.0 Å². The molecule has 1 fully saturated rings. The summed E-state index contributed by atoms with van der Waals surface area (Å²) in [5, 5.41) is 9.23. The highest BCUT2D eigenvalue weighted by Gasteiger charge is 2.27. The Morgan fingerprint density at radius 2 is 1.62 bits per heavy atom. The van der Waals surface area contributed by atoms with Gasteiger partial charge in [-0.2, -0.15) is 0 Å². The molecule has 0 bridgehead atoms. The number of aliphatic hydroxyl groups excluding tert-OH is 1. The molecule has 1 N–H and O–H groups in total. The molecule has 0 saturated carbocycles. The van der Waals surface area contributed by atoms with Crippen molar-refractivity contribution in [2.75, 3.05) is 30.9 Å². The Hall–Kier alpha value is -0.180. The molecule has 0 aromatic rings. The van der Waals surface area contributed by atoms with Crippen molar-refractivity contribution < 1.29 is 21.9 Å². The largest absolute Gasteiger partial charge is 0.393 e. The first-order chi connectivity index (χ1) is 7.21. The number of sulfonamides is 1. The second kappa shape index (κ2) is 4.99. The van der Waals surface area contributed by atoms with Gasteiger partial charge in [-0.1, -0.05) is 0 Å². The molecule has 0 aromatic heterocycles. The van der Waals surface area contributed by atoms with Gasteiger partial charge in [-0.05, 0) is 12.8 Å². The first-order valence-electron chi connectivity index (χ1n) is 5.04. The van der Waals surface area contributed by atoms with Gasteiger partial charge in [-0.25, -0.2) is 21.1 Å². The second-order valence-electron chi connectivity index (χ2n) is 4.08. The number of sulfone groups is 1. The van der Waals surface area contributed by atoms with Crippen molar-refractivity contribution in [1.29, 1.82) is 0 Å². The van der Waals surface area contributed by atoms with Crippen molar-refractivity contribution in [3.05, 3.63) is 0 Å². The van der Waals surface area contributed by atoms with Crippen molar-refractivity contribution in [1.82, 2.24) is 4.31 Å². The zero-order valence-corrected chi connectivity index (χ0v) is 10.8. The van der Waals surface area contributed by atoms with Gasteiger partial charge in [0.25, 0.3) is 0 Å². The van der Waals surface area contributed by atoms with Crippen LogP contribution in [0.5, 0.6) is 0 Å². The molecular weight excluding hydrogens is 254 g/mol. The SMILES string of the molecule is CS(=O)(=O)CCS(=O)(=O)N1CCC(O)CC1. The quantitative estimate of drug-likeness (QED) is 0.694. The average molecular weight is 271 g/mol. The zero-order valence-electron chi connectivity index (χ0n) is 9.16. The van der Waals surface area contributed by atoms with Crippen LogP contribution >= 0.6 is 0 Å². The fraction of sp³-hybridized carbons (Fsp3) is 1.00. The summed E-state index contributed by atoms with van der Waals surface area (Å²) in [6.45, 7) is 0.542. The van der Waals surface area contributed by atoms with E-state index in [0.29, 0.717) is 12.8 Å². The third-order valence-electron chi connectivity index (χ3n) is 2.53. The molecule has 0 atom stereocenters. The summed E-state index contributed by atoms with van der Waals surface area (Å²) >= 11 is 0. The molecule has 0 aromatic carbocycles. The lowest BCUT2D eigenvalue weighted by Gasteiger charge is -2.28. The molecule has 0 unspecified atom stereocenters. The van der Waals surface area contributed by atoms with Crippen LogP contribution in [-0.4, -0.2) is 63.2 Å². The number of rotatable bonds is 4. The predicted octanol–water partition coefficient (Wildman–Crippen LogP) is -1.18. The smallest absolute Gasteiger partial charge is 0.215 e. The molecule has 96 valence electrons. The van der Waals surface area contributed by atoms with Gasteiger partial charge < -0.3 is 5.11 Å². The minimum absolute atomic E-state index is 0.271. The van der Waals surface area contributed by atoms with Crippen LogP contribution in [-0.2, 0) is 19.9 Å². The summed E-state index contributed by atoms with van der Waals surface area (Å²) in [7, 11) is -6.76. The third-order valence-corrected chi connectivity index (χ3v) is 5.61. The molecule has 8 heteroatoms. The van der Waals surface area contributed by atoms with Crippen LogP contribution < -0.4 is 0 Å². The molecule has 0 amide bonds. The lowest BCUT2D eigenvalue weighted by molar-refractivity contribution is 0.113. The van der Waals surface area contributed by atoms with Gasteiger partial charge in [-0.3, -0.25) is 0 Å². The van der Waals surface area contributed by atoms with Crippen molar-refractivity contribution in [2.45, 2.75) is 18.9 Å². The highest BCUT2D eigenvalue weighted by molar-refractivity contribution is 7.93. The summed E-state index contributed by atoms with van der Waals surface area (Å²) in [6, 6.07) is 0. The van der Waals surface area contributed by atoms with Crippen LogP contribution in [0.15, 0.2) is 0 Å². The summed E-state index contributed by atoms with van der Waals surface area (Å²) in [4.78, 5) is 0. The van der Waals surface area contributed by atoms with Crippen molar-refractivity contribution >= 4 is 19.9 Å². The maximum atomic E-state index is 11.7. The average Bonchev–Trinajstić information content (AvgIpc) is 2.15. The zero-order chi connectivity index (χ0) is 12.4. The van der Waals surface area contributed by atoms with Crippen LogP contribution in [0, 0.1) is 0 Å². The number of aliphatic hydroxyl groups is 1. The number of nitrogens with zero attached hydrogens (tertiary/aromatic N) is 1. The van der Waals surface area contributed by atoms with E-state index in [1.165, 1.54) is 4.31 Å². The van der Waals surface area contributed by atoms with Gasteiger partial charge in [0.1, 0.15) is 9.84 Å². The second-order valence-corrected chi connectivity index (χ2v) is 8.42. The van der Waals surface area contributed by atoms with Gasteiger partial charge in [0, 0.05) is 19.3 Å². The Labute approximate surface area is 96.2 Å². The first kappa shape index (κ1) is 13.9. The number of piperidine rings is 1. The van der Waals surface area contributed by atoms with Gasteiger partial charge in [0.2, 0.25) is 10.0 Å². The molecule has 6 nitrogen and oxygen atoms in total. The molecule has 1 aliphatic heterocycles. The van der Waals surface area contributed by atoms with Gasteiger partial charge in [0.05, 0.1) is 17.6 Å². The molecular formula is C8H17NO5S2. The van der Waals surface area contributed by atoms with Crippen LogP contribution in [0.2, 0.25) is 0 Å². The van der Waals surface area contributed by atoms with Crippen LogP contribution in [0.3, 0.4) is 0 Å². The van der Waals surface area contributed by atoms with E-state index in [-0.39, 0.29) is 24.6 Å². The summed E-state index contributed by atoms with van der Waals surface area (Å²) in [5.41, 5.74) is 0. The van der Waals surface area contributed by atoms with E-state index in [9.17, 15) is 21.9 Å². The summed E-state index contributed by atoms with van der Waals surface area (Å²) in [5.74, 6) is -0.726. The molecule has 1 rings (SSSR count). The van der Waals surface area contributed by atoms with Crippen molar-refractivity contribution in [3.63, 3.8) is 0 Å². The Morgan fingerprint density at radius 1 is 1.12 bits per heavy atom. The lowest BCUT2D eigenvalue weighted by atomic mass is 10.1. The van der Waals surface area contributed by atoms with Crippen LogP contribution in [0.25, 0.3) is 0 Å². The minimum atomic E-state index is -3.50. The topological polar surface area (TPSA) is 91.8 Å². The van der Waals surface area contributed by atoms with Crippen molar-refractivity contribution in [2.24, 2.45) is 0 Å². The molecule has 0 spiro atoms. The third kappa shape index (κ3) is 4.36. The van der Waals surface area contributed by atoms with Gasteiger partial charge in [-0.15, -0.1) is 0 Å². The van der Waals surface area contributed by atoms with E-state index in [1.54, 1.807) is 0 Å². The molecule has 16 heavy (non-hydrogen) atoms. The Bertz CT molecular complexity index is 419. The van der Waals surface area contributed by atoms with Gasteiger partial charge >= 0.3 is 0 Å². The van der Waals surface area contributed by atoms with E-state index in [4.69, 9.17) is 0 Å². The Balaban J connectivity index is 2.58. The van der Waals surface area contributed by atoms with Crippen LogP contribution in [0.4, 0.5) is 0 Å². The fourth-order valence-electron chi connectivity index (χ4n) is 1.51. The van der Waals surface area contributed by atoms with E-state index >= 15 is 0 Å². The highest BCUT2D eigenvalue weighted by atomic mass is 32.2. The summed E-state index contributed by atoms with van der Waals surface area (Å²) < 4.78 is 46.5. The fourth-order valence-corrected chi connectivity index (χ4v) is 4.58. The minimum Gasteiger partial charge on any atom is -0.393 e. The first-order valence-corrected chi connectivity index (χ1v) is 8.71. The molecule has 1 heterocycles. The Kier molecular flexibility index (Phi) is 4.33. The predicted molar refractivity (Wildman–Crippen MR) is 60.3 cm³/mol.